The smallest absolute Gasteiger partial charge is 0.305 e. The van der Waals surface area contributed by atoms with Gasteiger partial charge in [-0.3, -0.25) is 19.3 Å². The van der Waals surface area contributed by atoms with Crippen molar-refractivity contribution >= 4 is 17.8 Å². The SMILES string of the molecule is CCC(CC(=O)O)N1C(=O)CC(C)(C(C)C)C1=O. The Labute approximate surface area is 107 Å². The van der Waals surface area contributed by atoms with Crippen molar-refractivity contribution in [3.8, 4) is 0 Å². The number of carboxylic acids is 1. The second kappa shape index (κ2) is 5.08. The fraction of sp³-hybridized carbons (Fsp3) is 0.769. The summed E-state index contributed by atoms with van der Waals surface area (Å²) in [5, 5.41) is 8.84. The first-order chi connectivity index (χ1) is 8.24. The van der Waals surface area contributed by atoms with Gasteiger partial charge in [-0.15, -0.1) is 0 Å². The van der Waals surface area contributed by atoms with Crippen LogP contribution in [0.15, 0.2) is 0 Å². The second-order valence-corrected chi connectivity index (χ2v) is 5.48. The van der Waals surface area contributed by atoms with Gasteiger partial charge in [0.2, 0.25) is 11.8 Å². The molecule has 1 fully saturated rings. The maximum absolute atomic E-state index is 12.4. The fourth-order valence-corrected chi connectivity index (χ4v) is 2.30. The Morgan fingerprint density at radius 3 is 2.33 bits per heavy atom. The molecule has 0 saturated carbocycles. The van der Waals surface area contributed by atoms with Gasteiger partial charge in [-0.2, -0.15) is 0 Å². The van der Waals surface area contributed by atoms with E-state index in [4.69, 9.17) is 5.11 Å². The molecule has 1 aliphatic rings. The lowest BCUT2D eigenvalue weighted by Gasteiger charge is -2.29. The van der Waals surface area contributed by atoms with Crippen LogP contribution in [-0.4, -0.2) is 33.8 Å². The van der Waals surface area contributed by atoms with Crippen molar-refractivity contribution < 1.29 is 19.5 Å². The third-order valence-corrected chi connectivity index (χ3v) is 4.02. The number of aliphatic carboxylic acids is 1. The van der Waals surface area contributed by atoms with E-state index >= 15 is 0 Å². The lowest BCUT2D eigenvalue weighted by molar-refractivity contribution is -0.147. The summed E-state index contributed by atoms with van der Waals surface area (Å²) in [6, 6.07) is -0.525. The Morgan fingerprint density at radius 2 is 2.00 bits per heavy atom. The van der Waals surface area contributed by atoms with E-state index in [1.165, 1.54) is 4.90 Å². The third-order valence-electron chi connectivity index (χ3n) is 4.02. The summed E-state index contributed by atoms with van der Waals surface area (Å²) in [7, 11) is 0. The number of carboxylic acid groups (broad SMARTS) is 1. The molecule has 0 spiro atoms. The highest BCUT2D eigenvalue weighted by Gasteiger charge is 2.51. The summed E-state index contributed by atoms with van der Waals surface area (Å²) in [5.41, 5.74) is -0.691. The van der Waals surface area contributed by atoms with Crippen LogP contribution in [0.3, 0.4) is 0 Å². The molecule has 0 radical (unpaired) electrons. The van der Waals surface area contributed by atoms with E-state index < -0.39 is 17.4 Å². The van der Waals surface area contributed by atoms with Gasteiger partial charge < -0.3 is 5.11 Å². The van der Waals surface area contributed by atoms with Crippen LogP contribution in [0.4, 0.5) is 0 Å². The topological polar surface area (TPSA) is 74.7 Å². The summed E-state index contributed by atoms with van der Waals surface area (Å²) in [4.78, 5) is 36.3. The fourth-order valence-electron chi connectivity index (χ4n) is 2.30. The molecule has 2 atom stereocenters. The summed E-state index contributed by atoms with van der Waals surface area (Å²) in [6.07, 6.45) is 0.472. The van der Waals surface area contributed by atoms with Crippen molar-refractivity contribution in [2.24, 2.45) is 11.3 Å². The Balaban J connectivity index is 3.00. The molecule has 1 saturated heterocycles. The van der Waals surface area contributed by atoms with Crippen LogP contribution >= 0.6 is 0 Å². The molecule has 0 aliphatic carbocycles. The van der Waals surface area contributed by atoms with Crippen LogP contribution in [0.5, 0.6) is 0 Å². The Kier molecular flexibility index (Phi) is 4.14. The zero-order valence-corrected chi connectivity index (χ0v) is 11.4. The number of carbonyl (C=O) groups is 3. The predicted octanol–water partition coefficient (Wildman–Crippen LogP) is 1.66. The number of carbonyl (C=O) groups excluding carboxylic acids is 2. The molecule has 5 nitrogen and oxygen atoms in total. The van der Waals surface area contributed by atoms with Crippen LogP contribution in [0.25, 0.3) is 0 Å². The second-order valence-electron chi connectivity index (χ2n) is 5.48. The maximum atomic E-state index is 12.4. The Hall–Kier alpha value is -1.39. The van der Waals surface area contributed by atoms with E-state index in [1.807, 2.05) is 13.8 Å². The van der Waals surface area contributed by atoms with Crippen molar-refractivity contribution in [2.75, 3.05) is 0 Å². The number of amides is 2. The largest absolute Gasteiger partial charge is 0.481 e. The van der Waals surface area contributed by atoms with Crippen LogP contribution in [0, 0.1) is 11.3 Å². The number of nitrogens with zero attached hydrogens (tertiary/aromatic N) is 1. The zero-order chi connectivity index (χ0) is 14.1. The minimum absolute atomic E-state index is 0.0567. The normalized spacial score (nSPS) is 25.9. The standard InChI is InChI=1S/C13H21NO4/c1-5-9(6-11(16)17)14-10(15)7-13(4,8(2)3)12(14)18/h8-9H,5-7H2,1-4H3,(H,16,17). The molecule has 1 N–H and O–H groups in total. The summed E-state index contributed by atoms with van der Waals surface area (Å²) in [5.74, 6) is -1.40. The highest BCUT2D eigenvalue weighted by Crippen LogP contribution is 2.40. The minimum atomic E-state index is -0.986. The summed E-state index contributed by atoms with van der Waals surface area (Å²) < 4.78 is 0. The first-order valence-electron chi connectivity index (χ1n) is 6.32. The lowest BCUT2D eigenvalue weighted by atomic mass is 9.78. The van der Waals surface area contributed by atoms with Gasteiger partial charge >= 0.3 is 5.97 Å². The molecule has 2 unspecified atom stereocenters. The van der Waals surface area contributed by atoms with Crippen molar-refractivity contribution in [1.29, 1.82) is 0 Å². The maximum Gasteiger partial charge on any atom is 0.305 e. The molecule has 1 rings (SSSR count). The molecule has 1 heterocycles. The van der Waals surface area contributed by atoms with Crippen molar-refractivity contribution in [2.45, 2.75) is 53.0 Å². The van der Waals surface area contributed by atoms with E-state index in [-0.39, 0.29) is 30.6 Å². The number of hydrogen-bond donors (Lipinski definition) is 1. The summed E-state index contributed by atoms with van der Waals surface area (Å²) in [6.45, 7) is 7.39. The molecule has 0 aromatic rings. The van der Waals surface area contributed by atoms with E-state index in [9.17, 15) is 14.4 Å². The summed E-state index contributed by atoms with van der Waals surface area (Å²) >= 11 is 0. The number of imide groups is 1. The molecule has 102 valence electrons. The van der Waals surface area contributed by atoms with E-state index in [0.717, 1.165) is 0 Å². The first kappa shape index (κ1) is 14.7. The van der Waals surface area contributed by atoms with Gasteiger partial charge in [0.25, 0.3) is 0 Å². The monoisotopic (exact) mass is 255 g/mol. The first-order valence-corrected chi connectivity index (χ1v) is 6.32. The van der Waals surface area contributed by atoms with Gasteiger partial charge in [0, 0.05) is 12.5 Å². The average molecular weight is 255 g/mol. The van der Waals surface area contributed by atoms with Crippen molar-refractivity contribution in [3.63, 3.8) is 0 Å². The van der Waals surface area contributed by atoms with Crippen molar-refractivity contribution in [3.05, 3.63) is 0 Å². The Morgan fingerprint density at radius 1 is 1.44 bits per heavy atom. The van der Waals surface area contributed by atoms with E-state index in [2.05, 4.69) is 0 Å². The highest BCUT2D eigenvalue weighted by atomic mass is 16.4. The lowest BCUT2D eigenvalue weighted by Crippen LogP contribution is -2.44. The predicted molar refractivity (Wildman–Crippen MR) is 65.7 cm³/mol. The van der Waals surface area contributed by atoms with Gasteiger partial charge in [0.05, 0.1) is 11.8 Å². The van der Waals surface area contributed by atoms with Gasteiger partial charge in [0.1, 0.15) is 0 Å². The van der Waals surface area contributed by atoms with Crippen LogP contribution < -0.4 is 0 Å². The Bertz CT molecular complexity index is 377. The van der Waals surface area contributed by atoms with Crippen LogP contribution in [-0.2, 0) is 14.4 Å². The number of rotatable bonds is 5. The number of hydrogen-bond acceptors (Lipinski definition) is 3. The quantitative estimate of drug-likeness (QED) is 0.758. The molecule has 18 heavy (non-hydrogen) atoms. The molecular formula is C13H21NO4. The molecular weight excluding hydrogens is 234 g/mol. The van der Waals surface area contributed by atoms with Gasteiger partial charge in [-0.05, 0) is 19.3 Å². The zero-order valence-electron chi connectivity index (χ0n) is 11.4. The molecule has 0 aromatic carbocycles. The van der Waals surface area contributed by atoms with Gasteiger partial charge in [0.15, 0.2) is 0 Å². The third kappa shape index (κ3) is 2.40. The molecule has 0 bridgehead atoms. The molecule has 2 amide bonds. The average Bonchev–Trinajstić information content (AvgIpc) is 2.48. The van der Waals surface area contributed by atoms with Crippen LogP contribution in [0.2, 0.25) is 0 Å². The van der Waals surface area contributed by atoms with E-state index in [1.54, 1.807) is 13.8 Å². The molecule has 0 aromatic heterocycles. The van der Waals surface area contributed by atoms with Gasteiger partial charge in [-0.25, -0.2) is 0 Å². The number of likely N-dealkylation sites (tertiary alicyclic amines) is 1. The van der Waals surface area contributed by atoms with E-state index in [0.29, 0.717) is 6.42 Å². The van der Waals surface area contributed by atoms with Gasteiger partial charge in [-0.1, -0.05) is 20.8 Å². The van der Waals surface area contributed by atoms with Crippen molar-refractivity contribution in [1.82, 2.24) is 4.90 Å². The van der Waals surface area contributed by atoms with Crippen LogP contribution in [0.1, 0.15) is 47.0 Å². The highest BCUT2D eigenvalue weighted by molar-refractivity contribution is 6.06. The minimum Gasteiger partial charge on any atom is -0.481 e. The molecule has 1 aliphatic heterocycles. The molecule has 5 heteroatoms.